The molecule has 0 aliphatic carbocycles. The number of carbonyl (C=O) groups is 2. The van der Waals surface area contributed by atoms with E-state index < -0.39 is 17.8 Å². The molecule has 2 amide bonds. The molecule has 0 radical (unpaired) electrons. The Kier molecular flexibility index (Phi) is 6.25. The number of nitrogens with zero attached hydrogens (tertiary/aromatic N) is 1. The molecule has 138 valence electrons. The van der Waals surface area contributed by atoms with Crippen molar-refractivity contribution in [2.24, 2.45) is 0 Å². The fraction of sp³-hybridized carbons (Fsp3) is 0.556. The normalized spacial score (nSPS) is 20.6. The van der Waals surface area contributed by atoms with Crippen LogP contribution in [0.4, 0.5) is 9.59 Å². The van der Waals surface area contributed by atoms with Crippen molar-refractivity contribution in [3.05, 3.63) is 35.9 Å². The maximum atomic E-state index is 12.1. The van der Waals surface area contributed by atoms with Gasteiger partial charge in [-0.15, -0.1) is 0 Å². The first-order valence-electron chi connectivity index (χ1n) is 8.50. The second-order valence-electron chi connectivity index (χ2n) is 7.21. The third-order valence-electron chi connectivity index (χ3n) is 3.99. The van der Waals surface area contributed by atoms with E-state index >= 15 is 0 Å². The van der Waals surface area contributed by atoms with Crippen molar-refractivity contribution in [1.29, 1.82) is 0 Å². The molecule has 2 atom stereocenters. The van der Waals surface area contributed by atoms with Crippen LogP contribution in [0.25, 0.3) is 0 Å². The standard InChI is InChI=1S/C18H27N3O4/c1-18(2,3)25-16(22)20-14-11-19-10-9-15(14)21(17(23)24)12-13-7-5-4-6-8-13/h4-8,14-15,19H,9-12H2,1-3H3,(H,20,22)(H,23,24)/t14-,15-/m0/s1. The van der Waals surface area contributed by atoms with Crippen LogP contribution >= 0.6 is 0 Å². The van der Waals surface area contributed by atoms with Crippen molar-refractivity contribution < 1.29 is 19.4 Å². The highest BCUT2D eigenvalue weighted by molar-refractivity contribution is 5.69. The minimum Gasteiger partial charge on any atom is -0.465 e. The van der Waals surface area contributed by atoms with Crippen LogP contribution in [0, 0.1) is 0 Å². The lowest BCUT2D eigenvalue weighted by atomic mass is 9.98. The molecule has 1 heterocycles. The number of alkyl carbamates (subject to hydrolysis) is 1. The third kappa shape index (κ3) is 5.94. The summed E-state index contributed by atoms with van der Waals surface area (Å²) in [6.45, 7) is 6.87. The second-order valence-corrected chi connectivity index (χ2v) is 7.21. The van der Waals surface area contributed by atoms with Gasteiger partial charge in [-0.05, 0) is 39.3 Å². The van der Waals surface area contributed by atoms with Gasteiger partial charge >= 0.3 is 12.2 Å². The molecule has 2 rings (SSSR count). The van der Waals surface area contributed by atoms with Crippen molar-refractivity contribution in [1.82, 2.24) is 15.5 Å². The molecule has 1 saturated heterocycles. The van der Waals surface area contributed by atoms with Gasteiger partial charge in [0.05, 0.1) is 12.1 Å². The molecule has 0 aromatic heterocycles. The second kappa shape index (κ2) is 8.20. The highest BCUT2D eigenvalue weighted by atomic mass is 16.6. The number of carbonyl (C=O) groups excluding carboxylic acids is 1. The molecular weight excluding hydrogens is 322 g/mol. The summed E-state index contributed by atoms with van der Waals surface area (Å²) in [7, 11) is 0. The van der Waals surface area contributed by atoms with E-state index in [2.05, 4.69) is 10.6 Å². The zero-order chi connectivity index (χ0) is 18.4. The predicted molar refractivity (Wildman–Crippen MR) is 94.4 cm³/mol. The van der Waals surface area contributed by atoms with Gasteiger partial charge in [0, 0.05) is 13.1 Å². The summed E-state index contributed by atoms with van der Waals surface area (Å²) in [5, 5.41) is 15.7. The molecule has 1 aliphatic rings. The smallest absolute Gasteiger partial charge is 0.407 e. The molecule has 7 heteroatoms. The number of hydrogen-bond acceptors (Lipinski definition) is 4. The van der Waals surface area contributed by atoms with Crippen LogP contribution in [0.1, 0.15) is 32.8 Å². The maximum absolute atomic E-state index is 12.1. The van der Waals surface area contributed by atoms with Gasteiger partial charge in [-0.3, -0.25) is 4.90 Å². The first-order valence-corrected chi connectivity index (χ1v) is 8.50. The van der Waals surface area contributed by atoms with Crippen LogP contribution < -0.4 is 10.6 Å². The molecule has 1 aliphatic heterocycles. The summed E-state index contributed by atoms with van der Waals surface area (Å²) in [5.74, 6) is 0. The van der Waals surface area contributed by atoms with E-state index in [1.54, 1.807) is 20.8 Å². The topological polar surface area (TPSA) is 90.9 Å². The molecule has 0 unspecified atom stereocenters. The Morgan fingerprint density at radius 1 is 1.32 bits per heavy atom. The molecule has 25 heavy (non-hydrogen) atoms. The summed E-state index contributed by atoms with van der Waals surface area (Å²) in [4.78, 5) is 25.3. The van der Waals surface area contributed by atoms with E-state index in [0.717, 1.165) is 5.56 Å². The van der Waals surface area contributed by atoms with Crippen LogP contribution in [-0.4, -0.2) is 53.0 Å². The van der Waals surface area contributed by atoms with Gasteiger partial charge in [-0.25, -0.2) is 9.59 Å². The average molecular weight is 349 g/mol. The zero-order valence-corrected chi connectivity index (χ0v) is 15.0. The number of hydrogen-bond donors (Lipinski definition) is 3. The van der Waals surface area contributed by atoms with Crippen molar-refractivity contribution >= 4 is 12.2 Å². The van der Waals surface area contributed by atoms with Crippen LogP contribution in [0.2, 0.25) is 0 Å². The maximum Gasteiger partial charge on any atom is 0.407 e. The SMILES string of the molecule is CC(C)(C)OC(=O)N[C@H]1CNCC[C@@H]1N(Cc1ccccc1)C(=O)O. The molecule has 0 saturated carbocycles. The monoisotopic (exact) mass is 349 g/mol. The molecule has 1 aromatic carbocycles. The van der Waals surface area contributed by atoms with Crippen molar-refractivity contribution in [3.8, 4) is 0 Å². The van der Waals surface area contributed by atoms with Gasteiger partial charge in [0.2, 0.25) is 0 Å². The summed E-state index contributed by atoms with van der Waals surface area (Å²) in [6.07, 6.45) is -0.900. The summed E-state index contributed by atoms with van der Waals surface area (Å²) < 4.78 is 5.30. The Morgan fingerprint density at radius 2 is 2.00 bits per heavy atom. The van der Waals surface area contributed by atoms with Crippen LogP contribution in [-0.2, 0) is 11.3 Å². The van der Waals surface area contributed by atoms with Gasteiger partial charge in [0.1, 0.15) is 5.60 Å². The predicted octanol–water partition coefficient (Wildman–Crippen LogP) is 2.42. The molecule has 1 fully saturated rings. The Bertz CT molecular complexity index is 586. The number of piperidine rings is 1. The zero-order valence-electron chi connectivity index (χ0n) is 15.0. The summed E-state index contributed by atoms with van der Waals surface area (Å²) in [6, 6.07) is 8.80. The van der Waals surface area contributed by atoms with Crippen molar-refractivity contribution in [3.63, 3.8) is 0 Å². The lowest BCUT2D eigenvalue weighted by Gasteiger charge is -2.39. The number of rotatable bonds is 4. The Hall–Kier alpha value is -2.28. The Labute approximate surface area is 148 Å². The van der Waals surface area contributed by atoms with Gasteiger partial charge in [0.15, 0.2) is 0 Å². The number of carboxylic acid groups (broad SMARTS) is 1. The largest absolute Gasteiger partial charge is 0.465 e. The minimum atomic E-state index is -0.994. The van der Waals surface area contributed by atoms with E-state index in [1.165, 1.54) is 4.90 Å². The molecular formula is C18H27N3O4. The van der Waals surface area contributed by atoms with E-state index in [0.29, 0.717) is 19.5 Å². The van der Waals surface area contributed by atoms with Gasteiger partial charge in [0.25, 0.3) is 0 Å². The number of benzene rings is 1. The lowest BCUT2D eigenvalue weighted by Crippen LogP contribution is -2.60. The lowest BCUT2D eigenvalue weighted by molar-refractivity contribution is 0.0425. The van der Waals surface area contributed by atoms with Crippen molar-refractivity contribution in [2.75, 3.05) is 13.1 Å². The first-order chi connectivity index (χ1) is 11.8. The highest BCUT2D eigenvalue weighted by Gasteiger charge is 2.34. The quantitative estimate of drug-likeness (QED) is 0.776. The number of nitrogens with one attached hydrogen (secondary N) is 2. The Balaban J connectivity index is 2.10. The average Bonchev–Trinajstić information content (AvgIpc) is 2.52. The fourth-order valence-electron chi connectivity index (χ4n) is 2.93. The van der Waals surface area contributed by atoms with E-state index in [-0.39, 0.29) is 18.6 Å². The van der Waals surface area contributed by atoms with E-state index in [4.69, 9.17) is 4.74 Å². The summed E-state index contributed by atoms with van der Waals surface area (Å²) in [5.41, 5.74) is 0.317. The van der Waals surface area contributed by atoms with Gasteiger partial charge < -0.3 is 20.5 Å². The highest BCUT2D eigenvalue weighted by Crippen LogP contribution is 2.17. The number of ether oxygens (including phenoxy) is 1. The molecule has 0 bridgehead atoms. The van der Waals surface area contributed by atoms with Gasteiger partial charge in [-0.2, -0.15) is 0 Å². The molecule has 3 N–H and O–H groups in total. The fourth-order valence-corrected chi connectivity index (χ4v) is 2.93. The van der Waals surface area contributed by atoms with Gasteiger partial charge in [-0.1, -0.05) is 30.3 Å². The van der Waals surface area contributed by atoms with Crippen LogP contribution in [0.3, 0.4) is 0 Å². The van der Waals surface area contributed by atoms with Crippen LogP contribution in [0.5, 0.6) is 0 Å². The molecule has 0 spiro atoms. The third-order valence-corrected chi connectivity index (χ3v) is 3.99. The number of amides is 2. The van der Waals surface area contributed by atoms with E-state index in [1.807, 2.05) is 30.3 Å². The Morgan fingerprint density at radius 3 is 2.60 bits per heavy atom. The van der Waals surface area contributed by atoms with E-state index in [9.17, 15) is 14.7 Å². The molecule has 1 aromatic rings. The summed E-state index contributed by atoms with van der Waals surface area (Å²) >= 11 is 0. The minimum absolute atomic E-state index is 0.285. The first kappa shape index (κ1) is 19.1. The van der Waals surface area contributed by atoms with Crippen molar-refractivity contribution in [2.45, 2.75) is 51.4 Å². The van der Waals surface area contributed by atoms with Crippen LogP contribution in [0.15, 0.2) is 30.3 Å². The molecule has 7 nitrogen and oxygen atoms in total.